The van der Waals surface area contributed by atoms with Crippen molar-refractivity contribution < 1.29 is 14.3 Å². The van der Waals surface area contributed by atoms with Crippen molar-refractivity contribution in [3.63, 3.8) is 0 Å². The number of hydrogen-bond donors (Lipinski definition) is 1. The lowest BCUT2D eigenvalue weighted by molar-refractivity contribution is -0.158. The molecule has 2 aliphatic rings. The maximum Gasteiger partial charge on any atom is 0.311 e. The molecule has 144 valence electrons. The van der Waals surface area contributed by atoms with Gasteiger partial charge in [-0.05, 0) is 31.9 Å². The largest absolute Gasteiger partial charge is 0.430 e. The number of nitrogens with zero attached hydrogens (tertiary/aromatic N) is 1. The van der Waals surface area contributed by atoms with Crippen LogP contribution in [-0.2, 0) is 14.3 Å². The molecule has 2 aromatic rings. The number of hydrogen-bond acceptors (Lipinski definition) is 4. The van der Waals surface area contributed by atoms with E-state index in [1.807, 2.05) is 55.5 Å². The number of aliphatic imine (C=N–C) groups is 1. The van der Waals surface area contributed by atoms with E-state index in [1.54, 1.807) is 0 Å². The van der Waals surface area contributed by atoms with Crippen molar-refractivity contribution in [1.82, 2.24) is 0 Å². The van der Waals surface area contributed by atoms with Gasteiger partial charge in [0, 0.05) is 11.1 Å². The zero-order chi connectivity index (χ0) is 19.5. The van der Waals surface area contributed by atoms with Gasteiger partial charge >= 0.3 is 5.97 Å². The Morgan fingerprint density at radius 1 is 1.07 bits per heavy atom. The second kappa shape index (κ2) is 7.97. The van der Waals surface area contributed by atoms with Gasteiger partial charge in [-0.2, -0.15) is 0 Å². The Hall–Kier alpha value is -2.95. The lowest BCUT2D eigenvalue weighted by Crippen LogP contribution is -2.33. The predicted octanol–water partition coefficient (Wildman–Crippen LogP) is 4.23. The van der Waals surface area contributed by atoms with Gasteiger partial charge in [0.15, 0.2) is 0 Å². The first-order valence-electron chi connectivity index (χ1n) is 9.87. The molecule has 0 unspecified atom stereocenters. The van der Waals surface area contributed by atoms with Crippen molar-refractivity contribution in [3.05, 3.63) is 65.2 Å². The second-order valence-corrected chi connectivity index (χ2v) is 7.51. The van der Waals surface area contributed by atoms with E-state index in [0.717, 1.165) is 48.8 Å². The molecule has 2 aromatic carbocycles. The van der Waals surface area contributed by atoms with E-state index in [-0.39, 0.29) is 11.9 Å². The van der Waals surface area contributed by atoms with Crippen LogP contribution in [0.2, 0.25) is 0 Å². The third-order valence-corrected chi connectivity index (χ3v) is 5.37. The van der Waals surface area contributed by atoms with Crippen LogP contribution in [0, 0.1) is 12.8 Å². The van der Waals surface area contributed by atoms with Crippen molar-refractivity contribution in [3.8, 4) is 0 Å². The molecule has 1 saturated carbocycles. The van der Waals surface area contributed by atoms with Crippen LogP contribution in [0.3, 0.4) is 0 Å². The predicted molar refractivity (Wildman–Crippen MR) is 108 cm³/mol. The summed E-state index contributed by atoms with van der Waals surface area (Å²) in [6.45, 7) is 2.00. The minimum atomic E-state index is -1.18. The van der Waals surface area contributed by atoms with Gasteiger partial charge < -0.3 is 10.1 Å². The molecule has 0 saturated heterocycles. The van der Waals surface area contributed by atoms with Gasteiger partial charge in [-0.25, -0.2) is 4.99 Å². The van der Waals surface area contributed by atoms with Crippen LogP contribution >= 0.6 is 0 Å². The number of carbonyl (C=O) groups excluding carboxylic acids is 2. The Balaban J connectivity index is 1.70. The number of ether oxygens (including phenoxy) is 1. The molecule has 5 heteroatoms. The summed E-state index contributed by atoms with van der Waals surface area (Å²) in [4.78, 5) is 30.0. The Labute approximate surface area is 164 Å². The highest BCUT2D eigenvalue weighted by Crippen LogP contribution is 2.28. The fourth-order valence-electron chi connectivity index (χ4n) is 3.85. The van der Waals surface area contributed by atoms with E-state index in [1.165, 1.54) is 0 Å². The van der Waals surface area contributed by atoms with Gasteiger partial charge in [-0.1, -0.05) is 61.2 Å². The highest BCUT2D eigenvalue weighted by Gasteiger charge is 2.31. The quantitative estimate of drug-likeness (QED) is 0.815. The standard InChI is InChI=1S/C23H24N2O3/c1-15-12-13-19-18(14-15)20(16-8-4-2-5-9-16)25-22(21(26)24-19)28-23(27)17-10-6-3-7-11-17/h2,4-5,8-9,12-14,17,22H,3,6-7,10-11H2,1H3,(H,24,26)/t22-/m0/s1. The number of rotatable bonds is 3. The summed E-state index contributed by atoms with van der Waals surface area (Å²) >= 11 is 0. The summed E-state index contributed by atoms with van der Waals surface area (Å²) in [5.41, 5.74) is 4.10. The van der Waals surface area contributed by atoms with Crippen LogP contribution in [0.4, 0.5) is 5.69 Å². The molecule has 1 amide bonds. The molecule has 5 nitrogen and oxygen atoms in total. The van der Waals surface area contributed by atoms with Crippen LogP contribution in [-0.4, -0.2) is 23.8 Å². The van der Waals surface area contributed by atoms with Gasteiger partial charge in [-0.3, -0.25) is 9.59 Å². The Morgan fingerprint density at radius 3 is 2.57 bits per heavy atom. The van der Waals surface area contributed by atoms with E-state index in [2.05, 4.69) is 10.3 Å². The van der Waals surface area contributed by atoms with Gasteiger partial charge in [-0.15, -0.1) is 0 Å². The van der Waals surface area contributed by atoms with Crippen molar-refractivity contribution in [1.29, 1.82) is 0 Å². The summed E-state index contributed by atoms with van der Waals surface area (Å²) in [6, 6.07) is 15.5. The molecule has 0 bridgehead atoms. The van der Waals surface area contributed by atoms with Crippen LogP contribution < -0.4 is 5.32 Å². The molecule has 0 radical (unpaired) electrons. The van der Waals surface area contributed by atoms with Crippen LogP contribution in [0.5, 0.6) is 0 Å². The van der Waals surface area contributed by atoms with Crippen LogP contribution in [0.1, 0.15) is 48.8 Å². The van der Waals surface area contributed by atoms with Gasteiger partial charge in [0.05, 0.1) is 17.3 Å². The molecule has 1 N–H and O–H groups in total. The normalized spacial score (nSPS) is 19.8. The van der Waals surface area contributed by atoms with Crippen LogP contribution in [0.25, 0.3) is 0 Å². The Kier molecular flexibility index (Phi) is 5.24. The number of benzene rings is 2. The maximum atomic E-state index is 12.8. The number of nitrogens with one attached hydrogen (secondary N) is 1. The molecule has 0 spiro atoms. The van der Waals surface area contributed by atoms with E-state index in [0.29, 0.717) is 11.4 Å². The number of aryl methyl sites for hydroxylation is 1. The molecule has 1 fully saturated rings. The number of fused-ring (bicyclic) bond motifs is 1. The first-order valence-corrected chi connectivity index (χ1v) is 9.87. The van der Waals surface area contributed by atoms with E-state index in [4.69, 9.17) is 4.74 Å². The van der Waals surface area contributed by atoms with E-state index in [9.17, 15) is 9.59 Å². The molecule has 4 rings (SSSR count). The van der Waals surface area contributed by atoms with Crippen molar-refractivity contribution in [2.24, 2.45) is 10.9 Å². The number of amides is 1. The average Bonchev–Trinajstić information content (AvgIpc) is 2.86. The first kappa shape index (κ1) is 18.4. The topological polar surface area (TPSA) is 67.8 Å². The van der Waals surface area contributed by atoms with Gasteiger partial charge in [0.1, 0.15) is 0 Å². The summed E-state index contributed by atoms with van der Waals surface area (Å²) in [5.74, 6) is -0.872. The molecule has 1 aliphatic carbocycles. The smallest absolute Gasteiger partial charge is 0.311 e. The highest BCUT2D eigenvalue weighted by molar-refractivity contribution is 6.19. The number of carbonyl (C=O) groups is 2. The van der Waals surface area contributed by atoms with Crippen molar-refractivity contribution in [2.75, 3.05) is 5.32 Å². The molecule has 1 aliphatic heterocycles. The molecule has 1 heterocycles. The highest BCUT2D eigenvalue weighted by atomic mass is 16.6. The number of anilines is 1. The number of benzodiazepines with no additional fused rings is 1. The van der Waals surface area contributed by atoms with Crippen molar-refractivity contribution in [2.45, 2.75) is 45.3 Å². The molecular formula is C23H24N2O3. The molecular weight excluding hydrogens is 352 g/mol. The van der Waals surface area contributed by atoms with E-state index < -0.39 is 12.1 Å². The lowest BCUT2D eigenvalue weighted by atomic mass is 9.89. The van der Waals surface area contributed by atoms with Gasteiger partial charge in [0.2, 0.25) is 0 Å². The minimum Gasteiger partial charge on any atom is -0.430 e. The SMILES string of the molecule is Cc1ccc2c(c1)C(c1ccccc1)=N[C@@H](OC(=O)C1CCCCC1)C(=O)N2. The monoisotopic (exact) mass is 376 g/mol. The number of esters is 1. The van der Waals surface area contributed by atoms with Crippen LogP contribution in [0.15, 0.2) is 53.5 Å². The average molecular weight is 376 g/mol. The molecule has 0 aromatic heterocycles. The third-order valence-electron chi connectivity index (χ3n) is 5.37. The summed E-state index contributed by atoms with van der Waals surface area (Å²) in [5, 5.41) is 2.88. The molecule has 1 atom stereocenters. The second-order valence-electron chi connectivity index (χ2n) is 7.51. The molecule has 28 heavy (non-hydrogen) atoms. The summed E-state index contributed by atoms with van der Waals surface area (Å²) in [6.07, 6.45) is 3.67. The maximum absolute atomic E-state index is 12.8. The lowest BCUT2D eigenvalue weighted by Gasteiger charge is -2.21. The summed E-state index contributed by atoms with van der Waals surface area (Å²) in [7, 11) is 0. The first-order chi connectivity index (χ1) is 13.6. The fourth-order valence-corrected chi connectivity index (χ4v) is 3.85. The van der Waals surface area contributed by atoms with Crippen molar-refractivity contribution >= 4 is 23.3 Å². The zero-order valence-electron chi connectivity index (χ0n) is 16.0. The summed E-state index contributed by atoms with van der Waals surface area (Å²) < 4.78 is 5.60. The Bertz CT molecular complexity index is 915. The third kappa shape index (κ3) is 3.84. The fraction of sp³-hybridized carbons (Fsp3) is 0.348. The minimum absolute atomic E-state index is 0.134. The Morgan fingerprint density at radius 2 is 1.82 bits per heavy atom. The zero-order valence-corrected chi connectivity index (χ0v) is 16.0. The van der Waals surface area contributed by atoms with E-state index >= 15 is 0 Å². The van der Waals surface area contributed by atoms with Gasteiger partial charge in [0.25, 0.3) is 12.1 Å².